The van der Waals surface area contributed by atoms with Crippen LogP contribution < -0.4 is 5.32 Å². The highest BCUT2D eigenvalue weighted by molar-refractivity contribution is 5.91. The Bertz CT molecular complexity index is 1130. The molecule has 0 radical (unpaired) electrons. The number of piperazine rings is 1. The predicted molar refractivity (Wildman–Crippen MR) is 136 cm³/mol. The molecule has 0 spiro atoms. The van der Waals surface area contributed by atoms with Crippen molar-refractivity contribution < 1.29 is 9.59 Å². The Kier molecular flexibility index (Phi) is 5.85. The summed E-state index contributed by atoms with van der Waals surface area (Å²) in [5, 5.41) is 7.49. The van der Waals surface area contributed by atoms with Crippen LogP contribution in [0.2, 0.25) is 0 Å². The van der Waals surface area contributed by atoms with Crippen molar-refractivity contribution in [3.05, 3.63) is 29.2 Å². The molecule has 4 bridgehead atoms. The summed E-state index contributed by atoms with van der Waals surface area (Å²) in [6.07, 6.45) is 7.38. The topological polar surface area (TPSA) is 96.3 Å². The lowest BCUT2D eigenvalue weighted by Gasteiger charge is -2.57. The fraction of sp³-hybridized carbons (Fsp3) is 0.667. The normalized spacial score (nSPS) is 29.5. The standard InChI is InChI=1S/C27H37N7O2/c1-17-8-18(2)29-26(28-17)34-23(9-19(3)31-34)30-24(35)16-32-4-6-33(7-5-32)25(36)27-13-20-10-21(14-27)12-22(11-20)15-27/h8-9,20-22H,4-7,10-16H2,1-3H3,(H,30,35). The van der Waals surface area contributed by atoms with E-state index < -0.39 is 0 Å². The fourth-order valence-corrected chi connectivity index (χ4v) is 7.75. The van der Waals surface area contributed by atoms with Crippen LogP contribution in [-0.4, -0.2) is 74.1 Å². The Morgan fingerprint density at radius 2 is 1.47 bits per heavy atom. The summed E-state index contributed by atoms with van der Waals surface area (Å²) in [5.41, 5.74) is 2.40. The maximum absolute atomic E-state index is 13.7. The number of amides is 2. The minimum absolute atomic E-state index is 0.0826. The molecule has 36 heavy (non-hydrogen) atoms. The Morgan fingerprint density at radius 3 is 2.06 bits per heavy atom. The summed E-state index contributed by atoms with van der Waals surface area (Å²) in [7, 11) is 0. The molecule has 2 aromatic heterocycles. The average molecular weight is 492 g/mol. The molecular formula is C27H37N7O2. The molecular weight excluding hydrogens is 454 g/mol. The molecule has 5 fully saturated rings. The van der Waals surface area contributed by atoms with Gasteiger partial charge in [0.15, 0.2) is 0 Å². The van der Waals surface area contributed by atoms with Crippen molar-refractivity contribution in [2.24, 2.45) is 23.2 Å². The smallest absolute Gasteiger partial charge is 0.252 e. The number of anilines is 1. The number of nitrogens with zero attached hydrogens (tertiary/aromatic N) is 6. The Labute approximate surface area is 212 Å². The van der Waals surface area contributed by atoms with Crippen molar-refractivity contribution in [2.45, 2.75) is 59.3 Å². The molecule has 7 rings (SSSR count). The van der Waals surface area contributed by atoms with Gasteiger partial charge in [-0.1, -0.05) is 0 Å². The van der Waals surface area contributed by atoms with Crippen LogP contribution in [0.3, 0.4) is 0 Å². The van der Waals surface area contributed by atoms with Crippen LogP contribution in [0, 0.1) is 43.9 Å². The lowest BCUT2D eigenvalue weighted by Crippen LogP contribution is -2.58. The lowest BCUT2D eigenvalue weighted by atomic mass is 9.49. The zero-order valence-corrected chi connectivity index (χ0v) is 21.7. The molecule has 192 valence electrons. The first-order chi connectivity index (χ1) is 17.3. The Balaban J connectivity index is 1.05. The van der Waals surface area contributed by atoms with Crippen molar-refractivity contribution >= 4 is 17.6 Å². The average Bonchev–Trinajstić information content (AvgIpc) is 3.17. The van der Waals surface area contributed by atoms with Gasteiger partial charge in [-0.2, -0.15) is 9.78 Å². The zero-order valence-electron chi connectivity index (χ0n) is 21.7. The third-order valence-corrected chi connectivity index (χ3v) is 8.78. The summed E-state index contributed by atoms with van der Waals surface area (Å²) >= 11 is 0. The van der Waals surface area contributed by atoms with E-state index in [2.05, 4.69) is 30.2 Å². The van der Waals surface area contributed by atoms with Gasteiger partial charge in [-0.15, -0.1) is 0 Å². The van der Waals surface area contributed by atoms with E-state index in [4.69, 9.17) is 0 Å². The van der Waals surface area contributed by atoms with Crippen molar-refractivity contribution in [1.29, 1.82) is 0 Å². The molecule has 1 saturated heterocycles. The highest BCUT2D eigenvalue weighted by atomic mass is 16.2. The number of hydrogen-bond acceptors (Lipinski definition) is 6. The molecule has 0 aromatic carbocycles. The second kappa shape index (κ2) is 8.94. The van der Waals surface area contributed by atoms with Crippen molar-refractivity contribution in [3.8, 4) is 5.95 Å². The van der Waals surface area contributed by atoms with Crippen LogP contribution in [0.1, 0.15) is 55.6 Å². The first kappa shape index (κ1) is 23.6. The number of aromatic nitrogens is 4. The summed E-state index contributed by atoms with van der Waals surface area (Å²) < 4.78 is 1.59. The van der Waals surface area contributed by atoms with Crippen LogP contribution in [-0.2, 0) is 9.59 Å². The largest absolute Gasteiger partial charge is 0.340 e. The summed E-state index contributed by atoms with van der Waals surface area (Å²) in [4.78, 5) is 39.8. The monoisotopic (exact) mass is 491 g/mol. The van der Waals surface area contributed by atoms with E-state index in [1.807, 2.05) is 32.9 Å². The van der Waals surface area contributed by atoms with Crippen molar-refractivity contribution in [1.82, 2.24) is 29.5 Å². The maximum Gasteiger partial charge on any atom is 0.252 e. The van der Waals surface area contributed by atoms with E-state index in [9.17, 15) is 9.59 Å². The predicted octanol–water partition coefficient (Wildman–Crippen LogP) is 2.89. The van der Waals surface area contributed by atoms with E-state index in [0.29, 0.717) is 30.8 Å². The maximum atomic E-state index is 13.7. The number of nitrogens with one attached hydrogen (secondary N) is 1. The van der Waals surface area contributed by atoms with Gasteiger partial charge in [0.1, 0.15) is 5.82 Å². The molecule has 5 aliphatic rings. The van der Waals surface area contributed by atoms with Gasteiger partial charge < -0.3 is 10.2 Å². The lowest BCUT2D eigenvalue weighted by molar-refractivity contribution is -0.159. The molecule has 1 aliphatic heterocycles. The minimum Gasteiger partial charge on any atom is -0.340 e. The second-order valence-electron chi connectivity index (χ2n) is 11.8. The summed E-state index contributed by atoms with van der Waals surface area (Å²) in [6.45, 7) is 8.88. The highest BCUT2D eigenvalue weighted by Crippen LogP contribution is 2.60. The fourth-order valence-electron chi connectivity index (χ4n) is 7.75. The molecule has 2 amide bonds. The molecule has 3 heterocycles. The number of carbonyl (C=O) groups excluding carboxylic acids is 2. The van der Waals surface area contributed by atoms with Gasteiger partial charge >= 0.3 is 0 Å². The van der Waals surface area contributed by atoms with E-state index >= 15 is 0 Å². The number of rotatable bonds is 5. The molecule has 9 nitrogen and oxygen atoms in total. The molecule has 9 heteroatoms. The third kappa shape index (κ3) is 4.42. The van der Waals surface area contributed by atoms with Crippen molar-refractivity contribution in [3.63, 3.8) is 0 Å². The van der Waals surface area contributed by atoms with Crippen LogP contribution in [0.4, 0.5) is 5.82 Å². The molecule has 0 unspecified atom stereocenters. The van der Waals surface area contributed by atoms with Crippen LogP contribution in [0.25, 0.3) is 5.95 Å². The van der Waals surface area contributed by atoms with Crippen LogP contribution >= 0.6 is 0 Å². The van der Waals surface area contributed by atoms with Gasteiger partial charge in [0.05, 0.1) is 17.7 Å². The van der Waals surface area contributed by atoms with Gasteiger partial charge in [0, 0.05) is 43.6 Å². The van der Waals surface area contributed by atoms with E-state index in [1.54, 1.807) is 4.68 Å². The van der Waals surface area contributed by atoms with Crippen LogP contribution in [0.15, 0.2) is 12.1 Å². The summed E-state index contributed by atoms with van der Waals surface area (Å²) in [6, 6.07) is 3.74. The number of carbonyl (C=O) groups is 2. The first-order valence-corrected chi connectivity index (χ1v) is 13.5. The molecule has 1 N–H and O–H groups in total. The SMILES string of the molecule is Cc1cc(C)nc(-n2nc(C)cc2NC(=O)CN2CCN(C(=O)C34CC5CC(CC(C5)C3)C4)CC2)n1. The van der Waals surface area contributed by atoms with Gasteiger partial charge in [-0.05, 0) is 83.1 Å². The van der Waals surface area contributed by atoms with Crippen molar-refractivity contribution in [2.75, 3.05) is 38.0 Å². The van der Waals surface area contributed by atoms with E-state index in [0.717, 1.165) is 67.2 Å². The van der Waals surface area contributed by atoms with Crippen LogP contribution in [0.5, 0.6) is 0 Å². The quantitative estimate of drug-likeness (QED) is 0.691. The molecule has 2 aromatic rings. The highest BCUT2D eigenvalue weighted by Gasteiger charge is 2.55. The van der Waals surface area contributed by atoms with E-state index in [1.165, 1.54) is 19.3 Å². The van der Waals surface area contributed by atoms with E-state index in [-0.39, 0.29) is 17.9 Å². The third-order valence-electron chi connectivity index (χ3n) is 8.78. The molecule has 0 atom stereocenters. The van der Waals surface area contributed by atoms with Gasteiger partial charge in [0.25, 0.3) is 5.95 Å². The molecule has 4 saturated carbocycles. The zero-order chi connectivity index (χ0) is 25.0. The summed E-state index contributed by atoms with van der Waals surface area (Å²) in [5.74, 6) is 3.65. The minimum atomic E-state index is -0.0959. The molecule has 4 aliphatic carbocycles. The van der Waals surface area contributed by atoms with Gasteiger partial charge in [0.2, 0.25) is 11.8 Å². The first-order valence-electron chi connectivity index (χ1n) is 13.5. The van der Waals surface area contributed by atoms with Gasteiger partial charge in [-0.25, -0.2) is 9.97 Å². The Morgan fingerprint density at radius 1 is 0.889 bits per heavy atom. The second-order valence-corrected chi connectivity index (χ2v) is 11.8. The number of hydrogen-bond donors (Lipinski definition) is 1. The Hall–Kier alpha value is -2.81. The van der Waals surface area contributed by atoms with Gasteiger partial charge in [-0.3, -0.25) is 14.5 Å². The number of aryl methyl sites for hydroxylation is 3.